The maximum absolute atomic E-state index is 12.8. The Labute approximate surface area is 172 Å². The number of quaternary nitrogens is 1. The van der Waals surface area contributed by atoms with Crippen LogP contribution in [0.5, 0.6) is 0 Å². The molecule has 1 aromatic rings. The predicted octanol–water partition coefficient (Wildman–Crippen LogP) is 1.80. The lowest BCUT2D eigenvalue weighted by Crippen LogP contribution is -2.88. The van der Waals surface area contributed by atoms with Gasteiger partial charge in [-0.05, 0) is 24.8 Å². The van der Waals surface area contributed by atoms with E-state index in [0.717, 1.165) is 30.7 Å². The van der Waals surface area contributed by atoms with Crippen LogP contribution in [0.3, 0.4) is 0 Å². The van der Waals surface area contributed by atoms with Gasteiger partial charge in [0.25, 0.3) is 11.8 Å². The molecule has 0 radical (unpaired) electrons. The van der Waals surface area contributed by atoms with E-state index in [1.165, 1.54) is 11.1 Å². The molecule has 1 aliphatic carbocycles. The van der Waals surface area contributed by atoms with Crippen LogP contribution in [0.2, 0.25) is 0 Å². The van der Waals surface area contributed by atoms with E-state index in [-0.39, 0.29) is 24.4 Å². The van der Waals surface area contributed by atoms with Gasteiger partial charge in [-0.2, -0.15) is 5.01 Å². The minimum Gasteiger partial charge on any atom is -0.332 e. The minimum atomic E-state index is -0.826. The first-order valence-electron chi connectivity index (χ1n) is 10.7. The molecule has 0 aromatic heterocycles. The number of hydrazine groups is 1. The average Bonchev–Trinajstić information content (AvgIpc) is 2.93. The highest BCUT2D eigenvalue weighted by atomic mass is 16.2. The van der Waals surface area contributed by atoms with Gasteiger partial charge in [0.15, 0.2) is 6.54 Å². The van der Waals surface area contributed by atoms with E-state index in [9.17, 15) is 14.4 Å². The summed E-state index contributed by atoms with van der Waals surface area (Å²) in [6.07, 6.45) is 5.16. The minimum absolute atomic E-state index is 0.124. The number of amides is 4. The van der Waals surface area contributed by atoms with E-state index >= 15 is 0 Å². The smallest absolute Gasteiger partial charge is 0.332 e. The van der Waals surface area contributed by atoms with Crippen molar-refractivity contribution in [2.75, 3.05) is 6.54 Å². The predicted molar refractivity (Wildman–Crippen MR) is 110 cm³/mol. The molecule has 1 atom stereocenters. The van der Waals surface area contributed by atoms with Crippen LogP contribution >= 0.6 is 0 Å². The summed E-state index contributed by atoms with van der Waals surface area (Å²) >= 11 is 0. The molecule has 29 heavy (non-hydrogen) atoms. The van der Waals surface area contributed by atoms with Gasteiger partial charge in [0.1, 0.15) is 11.6 Å². The molecular weight excluding hydrogens is 368 g/mol. The fourth-order valence-corrected chi connectivity index (χ4v) is 4.39. The summed E-state index contributed by atoms with van der Waals surface area (Å²) in [6, 6.07) is 8.07. The summed E-state index contributed by atoms with van der Waals surface area (Å²) in [7, 11) is 0. The van der Waals surface area contributed by atoms with Crippen LogP contribution in [0.15, 0.2) is 24.3 Å². The molecule has 3 rings (SSSR count). The Kier molecular flexibility index (Phi) is 6.57. The lowest BCUT2D eigenvalue weighted by atomic mass is 9.82. The molecule has 1 saturated heterocycles. The zero-order valence-electron chi connectivity index (χ0n) is 17.7. The largest absolute Gasteiger partial charge is 0.344 e. The van der Waals surface area contributed by atoms with Gasteiger partial charge in [-0.25, -0.2) is 4.79 Å². The van der Waals surface area contributed by atoms with Gasteiger partial charge < -0.3 is 10.6 Å². The number of carbonyl (C=O) groups excluding carboxylic acids is 3. The first kappa shape index (κ1) is 21.3. The molecule has 1 saturated carbocycles. The lowest BCUT2D eigenvalue weighted by molar-refractivity contribution is -0.692. The highest BCUT2D eigenvalue weighted by Crippen LogP contribution is 2.32. The van der Waals surface area contributed by atoms with Crippen molar-refractivity contribution in [3.05, 3.63) is 35.4 Å². The third-order valence-corrected chi connectivity index (χ3v) is 6.15. The summed E-state index contributed by atoms with van der Waals surface area (Å²) in [5.74, 6) is -0.346. The maximum Gasteiger partial charge on any atom is 0.344 e. The van der Waals surface area contributed by atoms with Crippen LogP contribution in [0.1, 0.15) is 70.0 Å². The van der Waals surface area contributed by atoms with Crippen LogP contribution < -0.4 is 16.1 Å². The van der Waals surface area contributed by atoms with Gasteiger partial charge in [0.05, 0.1) is 0 Å². The van der Waals surface area contributed by atoms with Crippen molar-refractivity contribution in [3.63, 3.8) is 0 Å². The van der Waals surface area contributed by atoms with Gasteiger partial charge in [0.2, 0.25) is 0 Å². The van der Waals surface area contributed by atoms with E-state index in [2.05, 4.69) is 55.8 Å². The SMILES string of the molecule is CCc1ccc([C@@H]([NH2+]CC(=O)NN2C(=O)NC3(CCCCC3)C2=O)C(C)C)cc1. The number of benzene rings is 1. The third kappa shape index (κ3) is 4.61. The highest BCUT2D eigenvalue weighted by molar-refractivity contribution is 6.08. The quantitative estimate of drug-likeness (QED) is 0.608. The first-order valence-corrected chi connectivity index (χ1v) is 10.7. The van der Waals surface area contributed by atoms with Crippen molar-refractivity contribution >= 4 is 17.8 Å². The van der Waals surface area contributed by atoms with Crippen LogP contribution in [0.25, 0.3) is 0 Å². The Morgan fingerprint density at radius 1 is 1.17 bits per heavy atom. The van der Waals surface area contributed by atoms with Gasteiger partial charge in [-0.1, -0.05) is 64.3 Å². The lowest BCUT2D eigenvalue weighted by Gasteiger charge is -2.30. The number of urea groups is 1. The van der Waals surface area contributed by atoms with Gasteiger partial charge in [-0.15, -0.1) is 0 Å². The van der Waals surface area contributed by atoms with Gasteiger partial charge in [-0.3, -0.25) is 15.0 Å². The van der Waals surface area contributed by atoms with Crippen LogP contribution in [0.4, 0.5) is 4.79 Å². The number of nitrogens with one attached hydrogen (secondary N) is 2. The van der Waals surface area contributed by atoms with Crippen molar-refractivity contribution in [1.82, 2.24) is 15.8 Å². The second kappa shape index (κ2) is 8.95. The first-order chi connectivity index (χ1) is 13.9. The van der Waals surface area contributed by atoms with Crippen molar-refractivity contribution in [2.24, 2.45) is 5.92 Å². The van der Waals surface area contributed by atoms with Crippen molar-refractivity contribution in [2.45, 2.75) is 70.9 Å². The van der Waals surface area contributed by atoms with Crippen molar-refractivity contribution < 1.29 is 19.7 Å². The molecule has 1 spiro atoms. The van der Waals surface area contributed by atoms with E-state index in [1.807, 2.05) is 5.32 Å². The van der Waals surface area contributed by atoms with Gasteiger partial charge >= 0.3 is 6.03 Å². The zero-order valence-corrected chi connectivity index (χ0v) is 17.7. The molecule has 1 heterocycles. The second-order valence-electron chi connectivity index (χ2n) is 8.55. The Hall–Kier alpha value is -2.41. The monoisotopic (exact) mass is 401 g/mol. The standard InChI is InChI=1S/C22H32N4O3/c1-4-16-8-10-17(11-9-16)19(15(2)3)23-14-18(27)25-26-20(28)22(24-21(26)29)12-6-5-7-13-22/h8-11,15,19,23H,4-7,12-14H2,1-3H3,(H,24,29)(H,25,27)/p+1/t19-/m0/s1. The molecule has 7 nitrogen and oxygen atoms in total. The Morgan fingerprint density at radius 3 is 2.41 bits per heavy atom. The van der Waals surface area contributed by atoms with Crippen LogP contribution in [-0.2, 0) is 16.0 Å². The Morgan fingerprint density at radius 2 is 1.83 bits per heavy atom. The molecule has 7 heteroatoms. The Balaban J connectivity index is 1.59. The molecule has 2 fully saturated rings. The number of hydrogen-bond donors (Lipinski definition) is 3. The summed E-state index contributed by atoms with van der Waals surface area (Å²) < 4.78 is 0. The van der Waals surface area contributed by atoms with E-state index in [0.29, 0.717) is 18.8 Å². The van der Waals surface area contributed by atoms with Crippen LogP contribution in [-0.4, -0.2) is 34.9 Å². The van der Waals surface area contributed by atoms with Gasteiger partial charge in [0, 0.05) is 11.5 Å². The fraction of sp³-hybridized carbons (Fsp3) is 0.591. The van der Waals surface area contributed by atoms with Crippen molar-refractivity contribution in [1.29, 1.82) is 0 Å². The topological polar surface area (TPSA) is 95.1 Å². The highest BCUT2D eigenvalue weighted by Gasteiger charge is 2.52. The number of nitrogens with zero attached hydrogens (tertiary/aromatic N) is 1. The van der Waals surface area contributed by atoms with E-state index in [4.69, 9.17) is 0 Å². The second-order valence-corrected chi connectivity index (χ2v) is 8.55. The number of rotatable bonds is 7. The maximum atomic E-state index is 12.8. The number of carbonyl (C=O) groups is 3. The Bertz CT molecular complexity index is 754. The molecule has 1 aromatic carbocycles. The molecule has 0 unspecified atom stereocenters. The average molecular weight is 402 g/mol. The van der Waals surface area contributed by atoms with Crippen molar-refractivity contribution in [3.8, 4) is 0 Å². The number of hydrogen-bond acceptors (Lipinski definition) is 3. The fourth-order valence-electron chi connectivity index (χ4n) is 4.39. The van der Waals surface area contributed by atoms with Crippen LogP contribution in [0, 0.1) is 5.92 Å². The molecule has 2 aliphatic rings. The number of imide groups is 1. The number of nitrogens with two attached hydrogens (primary N) is 1. The molecule has 1 aliphatic heterocycles. The summed E-state index contributed by atoms with van der Waals surface area (Å²) in [4.78, 5) is 37.6. The van der Waals surface area contributed by atoms with E-state index < -0.39 is 11.6 Å². The summed E-state index contributed by atoms with van der Waals surface area (Å²) in [5, 5.41) is 5.65. The summed E-state index contributed by atoms with van der Waals surface area (Å²) in [5.41, 5.74) is 4.14. The molecule has 4 amide bonds. The third-order valence-electron chi connectivity index (χ3n) is 6.15. The molecule has 4 N–H and O–H groups in total. The normalized spacial score (nSPS) is 19.5. The summed E-state index contributed by atoms with van der Waals surface area (Å²) in [6.45, 7) is 6.51. The molecule has 158 valence electrons. The number of aryl methyl sites for hydroxylation is 1. The molecular formula is C22H33N4O3+. The van der Waals surface area contributed by atoms with E-state index in [1.54, 1.807) is 0 Å². The molecule has 0 bridgehead atoms. The zero-order chi connectivity index (χ0) is 21.0.